The second-order valence-corrected chi connectivity index (χ2v) is 7.50. The third-order valence-corrected chi connectivity index (χ3v) is 5.49. The van der Waals surface area contributed by atoms with Crippen LogP contribution in [0.25, 0.3) is 22.2 Å². The highest BCUT2D eigenvalue weighted by Crippen LogP contribution is 2.34. The summed E-state index contributed by atoms with van der Waals surface area (Å²) in [6, 6.07) is 16.7. The zero-order valence-corrected chi connectivity index (χ0v) is 15.2. The lowest BCUT2D eigenvalue weighted by molar-refractivity contribution is -0.122. The van der Waals surface area contributed by atoms with E-state index in [2.05, 4.69) is 28.5 Å². The Morgan fingerprint density at radius 1 is 1.08 bits per heavy atom. The maximum Gasteiger partial charge on any atom is 0.220 e. The quantitative estimate of drug-likeness (QED) is 0.610. The first kappa shape index (κ1) is 17.0. The molecule has 3 aromatic rings. The average molecular weight is 368 g/mol. The van der Waals surface area contributed by atoms with Crippen LogP contribution in [0, 0.1) is 5.92 Å². The molecule has 4 N–H and O–H groups in total. The summed E-state index contributed by atoms with van der Waals surface area (Å²) >= 11 is 6.35. The van der Waals surface area contributed by atoms with E-state index in [1.807, 2.05) is 30.3 Å². The van der Waals surface area contributed by atoms with Gasteiger partial charge >= 0.3 is 0 Å². The van der Waals surface area contributed by atoms with Gasteiger partial charge in [-0.15, -0.1) is 0 Å². The highest BCUT2D eigenvalue weighted by Gasteiger charge is 2.25. The normalized spacial score (nSPS) is 20.2. The molecule has 0 unspecified atom stereocenters. The minimum absolute atomic E-state index is 0.0163. The van der Waals surface area contributed by atoms with Crippen LogP contribution in [-0.2, 0) is 4.79 Å². The van der Waals surface area contributed by atoms with Crippen molar-refractivity contribution in [2.45, 2.75) is 31.7 Å². The number of aromatic amines is 1. The first-order valence-electron chi connectivity index (χ1n) is 9.03. The van der Waals surface area contributed by atoms with Gasteiger partial charge in [-0.05, 0) is 49.4 Å². The molecule has 1 aromatic heterocycles. The van der Waals surface area contributed by atoms with Crippen LogP contribution < -0.4 is 11.1 Å². The van der Waals surface area contributed by atoms with Crippen LogP contribution in [0.5, 0.6) is 0 Å². The summed E-state index contributed by atoms with van der Waals surface area (Å²) in [5, 5.41) is 5.42. The second-order valence-electron chi connectivity index (χ2n) is 7.06. The number of carbonyl (C=O) groups excluding carboxylic acids is 1. The Labute approximate surface area is 157 Å². The molecule has 4 nitrogen and oxygen atoms in total. The Kier molecular flexibility index (Phi) is 4.60. The number of primary amides is 1. The van der Waals surface area contributed by atoms with Crippen molar-refractivity contribution >= 4 is 34.1 Å². The number of hydrogen-bond acceptors (Lipinski definition) is 2. The van der Waals surface area contributed by atoms with Gasteiger partial charge in [0.05, 0.1) is 11.2 Å². The number of nitrogens with one attached hydrogen (secondary N) is 2. The van der Waals surface area contributed by atoms with E-state index < -0.39 is 0 Å². The summed E-state index contributed by atoms with van der Waals surface area (Å²) in [5.41, 5.74) is 9.73. The SMILES string of the molecule is NC(=O)C1CCC(Nc2cc(Cl)cc3cc(-c4ccccc4)[nH]c23)CC1. The molecule has 0 bridgehead atoms. The van der Waals surface area contributed by atoms with Crippen molar-refractivity contribution < 1.29 is 4.79 Å². The summed E-state index contributed by atoms with van der Waals surface area (Å²) < 4.78 is 0. The zero-order chi connectivity index (χ0) is 18.1. The molecule has 0 radical (unpaired) electrons. The van der Waals surface area contributed by atoms with E-state index in [4.69, 9.17) is 17.3 Å². The minimum Gasteiger partial charge on any atom is -0.381 e. The molecule has 5 heteroatoms. The molecule has 1 saturated carbocycles. The maximum atomic E-state index is 11.4. The smallest absolute Gasteiger partial charge is 0.220 e. The third kappa shape index (κ3) is 3.42. The van der Waals surface area contributed by atoms with Crippen LogP contribution in [-0.4, -0.2) is 16.9 Å². The van der Waals surface area contributed by atoms with Gasteiger partial charge in [0, 0.05) is 28.1 Å². The van der Waals surface area contributed by atoms with E-state index in [1.165, 1.54) is 0 Å². The van der Waals surface area contributed by atoms with E-state index in [0.717, 1.165) is 53.5 Å². The predicted octanol–water partition coefficient (Wildman–Crippen LogP) is 4.94. The highest BCUT2D eigenvalue weighted by molar-refractivity contribution is 6.32. The van der Waals surface area contributed by atoms with Crippen LogP contribution in [0.2, 0.25) is 5.02 Å². The van der Waals surface area contributed by atoms with E-state index in [-0.39, 0.29) is 11.8 Å². The number of H-pyrrole nitrogens is 1. The first-order valence-corrected chi connectivity index (χ1v) is 9.41. The van der Waals surface area contributed by atoms with Gasteiger partial charge in [0.25, 0.3) is 0 Å². The zero-order valence-electron chi connectivity index (χ0n) is 14.5. The molecule has 4 rings (SSSR count). The Balaban J connectivity index is 1.61. The number of anilines is 1. The Bertz CT molecular complexity index is 927. The highest BCUT2D eigenvalue weighted by atomic mass is 35.5. The standard InChI is InChI=1S/C21H22ClN3O/c22-16-10-15-11-18(13-4-2-1-3-5-13)25-20(15)19(12-16)24-17-8-6-14(7-9-17)21(23)26/h1-5,10-12,14,17,24-25H,6-9H2,(H2,23,26). The van der Waals surface area contributed by atoms with Crippen LogP contribution in [0.3, 0.4) is 0 Å². The van der Waals surface area contributed by atoms with E-state index in [1.54, 1.807) is 0 Å². The van der Waals surface area contributed by atoms with Gasteiger partial charge in [0.15, 0.2) is 0 Å². The number of hydrogen-bond donors (Lipinski definition) is 3. The molecule has 2 aromatic carbocycles. The number of nitrogens with two attached hydrogens (primary N) is 1. The predicted molar refractivity (Wildman–Crippen MR) is 107 cm³/mol. The molecule has 1 fully saturated rings. The van der Waals surface area contributed by atoms with Gasteiger partial charge in [-0.3, -0.25) is 4.79 Å². The lowest BCUT2D eigenvalue weighted by Gasteiger charge is -2.28. The summed E-state index contributed by atoms with van der Waals surface area (Å²) in [6.07, 6.45) is 3.56. The van der Waals surface area contributed by atoms with Crippen molar-refractivity contribution in [3.8, 4) is 11.3 Å². The summed E-state index contributed by atoms with van der Waals surface area (Å²) in [4.78, 5) is 14.9. The first-order chi connectivity index (χ1) is 12.6. The van der Waals surface area contributed by atoms with E-state index >= 15 is 0 Å². The van der Waals surface area contributed by atoms with Crippen molar-refractivity contribution in [3.05, 3.63) is 53.6 Å². The molecular weight excluding hydrogens is 346 g/mol. The number of benzene rings is 2. The number of rotatable bonds is 4. The third-order valence-electron chi connectivity index (χ3n) is 5.27. The molecule has 0 atom stereocenters. The fourth-order valence-corrected chi connectivity index (χ4v) is 4.06. The van der Waals surface area contributed by atoms with Gasteiger partial charge in [0.1, 0.15) is 0 Å². The van der Waals surface area contributed by atoms with Gasteiger partial charge < -0.3 is 16.0 Å². The van der Waals surface area contributed by atoms with Crippen LogP contribution in [0.1, 0.15) is 25.7 Å². The molecule has 26 heavy (non-hydrogen) atoms. The molecule has 1 aliphatic rings. The molecule has 134 valence electrons. The summed E-state index contributed by atoms with van der Waals surface area (Å²) in [7, 11) is 0. The fourth-order valence-electron chi connectivity index (χ4n) is 3.84. The van der Waals surface area contributed by atoms with Crippen molar-refractivity contribution in [3.63, 3.8) is 0 Å². The molecule has 0 spiro atoms. The van der Waals surface area contributed by atoms with Crippen molar-refractivity contribution in [2.24, 2.45) is 11.7 Å². The number of amides is 1. The lowest BCUT2D eigenvalue weighted by Crippen LogP contribution is -2.32. The van der Waals surface area contributed by atoms with Crippen LogP contribution in [0.4, 0.5) is 5.69 Å². The fraction of sp³-hybridized carbons (Fsp3) is 0.286. The molecule has 0 aliphatic heterocycles. The van der Waals surface area contributed by atoms with Crippen molar-refractivity contribution in [1.29, 1.82) is 0 Å². The average Bonchev–Trinajstić information content (AvgIpc) is 3.07. The van der Waals surface area contributed by atoms with E-state index in [0.29, 0.717) is 11.1 Å². The van der Waals surface area contributed by atoms with Crippen molar-refractivity contribution in [2.75, 3.05) is 5.32 Å². The number of fused-ring (bicyclic) bond motifs is 1. The van der Waals surface area contributed by atoms with Crippen LogP contribution in [0.15, 0.2) is 48.5 Å². The summed E-state index contributed by atoms with van der Waals surface area (Å²) in [6.45, 7) is 0. The molecule has 1 heterocycles. The van der Waals surface area contributed by atoms with Crippen molar-refractivity contribution in [1.82, 2.24) is 4.98 Å². The van der Waals surface area contributed by atoms with Gasteiger partial charge in [-0.2, -0.15) is 0 Å². The molecule has 1 amide bonds. The largest absolute Gasteiger partial charge is 0.381 e. The number of carbonyl (C=O) groups is 1. The molecule has 0 saturated heterocycles. The van der Waals surface area contributed by atoms with E-state index in [9.17, 15) is 4.79 Å². The Hall–Kier alpha value is -2.46. The Morgan fingerprint density at radius 3 is 2.50 bits per heavy atom. The minimum atomic E-state index is -0.175. The monoisotopic (exact) mass is 367 g/mol. The van der Waals surface area contributed by atoms with Crippen LogP contribution >= 0.6 is 11.6 Å². The summed E-state index contributed by atoms with van der Waals surface area (Å²) in [5.74, 6) is -0.159. The number of halogens is 1. The van der Waals surface area contributed by atoms with Gasteiger partial charge in [-0.1, -0.05) is 41.9 Å². The topological polar surface area (TPSA) is 70.9 Å². The maximum absolute atomic E-state index is 11.4. The lowest BCUT2D eigenvalue weighted by atomic mass is 9.85. The van der Waals surface area contributed by atoms with Gasteiger partial charge in [0.2, 0.25) is 5.91 Å². The molecule has 1 aliphatic carbocycles. The van der Waals surface area contributed by atoms with Gasteiger partial charge in [-0.25, -0.2) is 0 Å². The molecular formula is C21H22ClN3O. The number of aromatic nitrogens is 1. The Morgan fingerprint density at radius 2 is 1.81 bits per heavy atom. The second kappa shape index (κ2) is 7.04.